The first-order chi connectivity index (χ1) is 6.63. The Bertz CT molecular complexity index is 270. The molecule has 0 aromatic carbocycles. The largest absolute Gasteiger partial charge is 0.360 e. The van der Waals surface area contributed by atoms with E-state index in [0.717, 1.165) is 18.0 Å². The Labute approximate surface area is 85.9 Å². The van der Waals surface area contributed by atoms with Gasteiger partial charge in [0.2, 0.25) is 0 Å². The molecule has 1 rings (SSSR count). The minimum Gasteiger partial charge on any atom is -0.360 e. The molecule has 0 fully saturated rings. The van der Waals surface area contributed by atoms with Crippen LogP contribution in [0, 0.1) is 12.8 Å². The lowest BCUT2D eigenvalue weighted by Gasteiger charge is -2.18. The van der Waals surface area contributed by atoms with Gasteiger partial charge in [-0.25, -0.2) is 0 Å². The highest BCUT2D eigenvalue weighted by molar-refractivity contribution is 5.02. The summed E-state index contributed by atoms with van der Waals surface area (Å²) in [4.78, 5) is 0. The van der Waals surface area contributed by atoms with Crippen molar-refractivity contribution in [3.05, 3.63) is 17.5 Å². The van der Waals surface area contributed by atoms with Gasteiger partial charge in [-0.15, -0.1) is 0 Å². The van der Waals surface area contributed by atoms with Crippen molar-refractivity contribution in [2.45, 2.75) is 46.7 Å². The molecule has 0 radical (unpaired) electrons. The van der Waals surface area contributed by atoms with Gasteiger partial charge in [-0.3, -0.25) is 0 Å². The van der Waals surface area contributed by atoms with Crippen molar-refractivity contribution in [2.75, 3.05) is 0 Å². The molecule has 0 aliphatic carbocycles. The molecular formula is C11H20N2O. The van der Waals surface area contributed by atoms with Crippen molar-refractivity contribution in [3.8, 4) is 0 Å². The SMILES string of the molecule is CCC(C)C(C)NCc1cc(C)no1. The topological polar surface area (TPSA) is 38.1 Å². The molecule has 3 heteroatoms. The molecule has 1 N–H and O–H groups in total. The van der Waals surface area contributed by atoms with E-state index in [0.29, 0.717) is 12.0 Å². The van der Waals surface area contributed by atoms with Gasteiger partial charge in [0.25, 0.3) is 0 Å². The van der Waals surface area contributed by atoms with E-state index in [-0.39, 0.29) is 0 Å². The van der Waals surface area contributed by atoms with E-state index in [1.54, 1.807) is 0 Å². The molecule has 1 aromatic heterocycles. The smallest absolute Gasteiger partial charge is 0.150 e. The lowest BCUT2D eigenvalue weighted by Crippen LogP contribution is -2.31. The van der Waals surface area contributed by atoms with Crippen LogP contribution >= 0.6 is 0 Å². The predicted molar refractivity (Wildman–Crippen MR) is 57.0 cm³/mol. The maximum atomic E-state index is 5.12. The molecular weight excluding hydrogens is 176 g/mol. The molecule has 0 bridgehead atoms. The van der Waals surface area contributed by atoms with E-state index in [1.807, 2.05) is 13.0 Å². The average molecular weight is 196 g/mol. The van der Waals surface area contributed by atoms with Crippen LogP contribution in [0.2, 0.25) is 0 Å². The minimum atomic E-state index is 0.519. The molecule has 0 aliphatic heterocycles. The molecule has 1 heterocycles. The third-order valence-corrected chi connectivity index (χ3v) is 2.77. The number of nitrogens with zero attached hydrogens (tertiary/aromatic N) is 1. The summed E-state index contributed by atoms with van der Waals surface area (Å²) in [5, 5.41) is 7.27. The number of hydrogen-bond acceptors (Lipinski definition) is 3. The number of hydrogen-bond donors (Lipinski definition) is 1. The molecule has 0 aliphatic rings. The van der Waals surface area contributed by atoms with Crippen LogP contribution in [0.3, 0.4) is 0 Å². The normalized spacial score (nSPS) is 15.4. The average Bonchev–Trinajstić information content (AvgIpc) is 2.59. The Balaban J connectivity index is 2.33. The quantitative estimate of drug-likeness (QED) is 0.786. The Morgan fingerprint density at radius 3 is 2.71 bits per heavy atom. The van der Waals surface area contributed by atoms with Gasteiger partial charge < -0.3 is 9.84 Å². The zero-order valence-electron chi connectivity index (χ0n) is 9.50. The Morgan fingerprint density at radius 1 is 1.50 bits per heavy atom. The monoisotopic (exact) mass is 196 g/mol. The molecule has 0 amide bonds. The van der Waals surface area contributed by atoms with E-state index in [4.69, 9.17) is 4.52 Å². The number of aryl methyl sites for hydroxylation is 1. The second-order valence-electron chi connectivity index (χ2n) is 3.99. The summed E-state index contributed by atoms with van der Waals surface area (Å²) in [6, 6.07) is 2.49. The fourth-order valence-corrected chi connectivity index (χ4v) is 1.32. The lowest BCUT2D eigenvalue weighted by atomic mass is 10.0. The van der Waals surface area contributed by atoms with Crippen molar-refractivity contribution in [1.82, 2.24) is 10.5 Å². The third-order valence-electron chi connectivity index (χ3n) is 2.77. The fraction of sp³-hybridized carbons (Fsp3) is 0.727. The highest BCUT2D eigenvalue weighted by Gasteiger charge is 2.10. The first-order valence-corrected chi connectivity index (χ1v) is 5.29. The van der Waals surface area contributed by atoms with Crippen LogP contribution in [-0.2, 0) is 6.54 Å². The van der Waals surface area contributed by atoms with E-state index < -0.39 is 0 Å². The summed E-state index contributed by atoms with van der Waals surface area (Å²) in [7, 11) is 0. The summed E-state index contributed by atoms with van der Waals surface area (Å²) >= 11 is 0. The standard InChI is InChI=1S/C11H20N2O/c1-5-8(2)10(4)12-7-11-6-9(3)13-14-11/h6,8,10,12H,5,7H2,1-4H3. The Morgan fingerprint density at radius 2 is 2.21 bits per heavy atom. The second kappa shape index (κ2) is 5.15. The van der Waals surface area contributed by atoms with Crippen LogP contribution in [0.1, 0.15) is 38.6 Å². The molecule has 14 heavy (non-hydrogen) atoms. The number of nitrogens with one attached hydrogen (secondary N) is 1. The van der Waals surface area contributed by atoms with E-state index in [9.17, 15) is 0 Å². The summed E-state index contributed by atoms with van der Waals surface area (Å²) < 4.78 is 5.12. The molecule has 0 saturated heterocycles. The Hall–Kier alpha value is -0.830. The van der Waals surface area contributed by atoms with Crippen molar-refractivity contribution >= 4 is 0 Å². The van der Waals surface area contributed by atoms with Crippen molar-refractivity contribution < 1.29 is 4.52 Å². The van der Waals surface area contributed by atoms with Gasteiger partial charge in [0.1, 0.15) is 0 Å². The molecule has 2 unspecified atom stereocenters. The maximum Gasteiger partial charge on any atom is 0.150 e. The van der Waals surface area contributed by atoms with Gasteiger partial charge in [0.15, 0.2) is 5.76 Å². The minimum absolute atomic E-state index is 0.519. The highest BCUT2D eigenvalue weighted by Crippen LogP contribution is 2.08. The van der Waals surface area contributed by atoms with Gasteiger partial charge >= 0.3 is 0 Å². The van der Waals surface area contributed by atoms with Gasteiger partial charge in [-0.05, 0) is 19.8 Å². The van der Waals surface area contributed by atoms with Crippen LogP contribution in [0.25, 0.3) is 0 Å². The number of aromatic nitrogens is 1. The van der Waals surface area contributed by atoms with Crippen LogP contribution in [0.5, 0.6) is 0 Å². The lowest BCUT2D eigenvalue weighted by molar-refractivity contribution is 0.336. The second-order valence-corrected chi connectivity index (χ2v) is 3.99. The van der Waals surface area contributed by atoms with E-state index in [2.05, 4.69) is 31.2 Å². The Kier molecular flexibility index (Phi) is 4.14. The first kappa shape index (κ1) is 11.2. The number of rotatable bonds is 5. The molecule has 1 aromatic rings. The molecule has 80 valence electrons. The highest BCUT2D eigenvalue weighted by atomic mass is 16.5. The van der Waals surface area contributed by atoms with Crippen molar-refractivity contribution in [1.29, 1.82) is 0 Å². The van der Waals surface area contributed by atoms with E-state index in [1.165, 1.54) is 6.42 Å². The summed E-state index contributed by atoms with van der Waals surface area (Å²) in [5.41, 5.74) is 0.943. The third kappa shape index (κ3) is 3.14. The van der Waals surface area contributed by atoms with Gasteiger partial charge in [-0.2, -0.15) is 0 Å². The van der Waals surface area contributed by atoms with Crippen molar-refractivity contribution in [2.24, 2.45) is 5.92 Å². The van der Waals surface area contributed by atoms with Gasteiger partial charge in [0.05, 0.1) is 12.2 Å². The zero-order chi connectivity index (χ0) is 10.6. The predicted octanol–water partition coefficient (Wildman–Crippen LogP) is 2.51. The molecule has 2 atom stereocenters. The van der Waals surface area contributed by atoms with Gasteiger partial charge in [-0.1, -0.05) is 25.4 Å². The zero-order valence-corrected chi connectivity index (χ0v) is 9.50. The summed E-state index contributed by atoms with van der Waals surface area (Å²) in [6.07, 6.45) is 1.20. The molecule has 0 saturated carbocycles. The van der Waals surface area contributed by atoms with E-state index >= 15 is 0 Å². The maximum absolute atomic E-state index is 5.12. The van der Waals surface area contributed by atoms with Crippen LogP contribution in [0.15, 0.2) is 10.6 Å². The first-order valence-electron chi connectivity index (χ1n) is 5.29. The van der Waals surface area contributed by atoms with Crippen LogP contribution in [-0.4, -0.2) is 11.2 Å². The molecule has 0 spiro atoms. The van der Waals surface area contributed by atoms with Crippen LogP contribution in [0.4, 0.5) is 0 Å². The summed E-state index contributed by atoms with van der Waals surface area (Å²) in [5.74, 6) is 1.61. The molecule has 3 nitrogen and oxygen atoms in total. The van der Waals surface area contributed by atoms with Crippen molar-refractivity contribution in [3.63, 3.8) is 0 Å². The van der Waals surface area contributed by atoms with Crippen LogP contribution < -0.4 is 5.32 Å². The fourth-order valence-electron chi connectivity index (χ4n) is 1.32. The summed E-state index contributed by atoms with van der Waals surface area (Å²) in [6.45, 7) is 9.37. The van der Waals surface area contributed by atoms with Gasteiger partial charge in [0, 0.05) is 12.1 Å².